The first-order valence-corrected chi connectivity index (χ1v) is 8.69. The van der Waals surface area contributed by atoms with E-state index in [1.54, 1.807) is 6.33 Å². The molecule has 0 amide bonds. The predicted molar refractivity (Wildman–Crippen MR) is 97.3 cm³/mol. The molecule has 1 aliphatic heterocycles. The molecule has 1 aromatic carbocycles. The van der Waals surface area contributed by atoms with Crippen molar-refractivity contribution in [2.45, 2.75) is 39.2 Å². The molecule has 24 heavy (non-hydrogen) atoms. The van der Waals surface area contributed by atoms with Crippen molar-refractivity contribution < 1.29 is 4.74 Å². The summed E-state index contributed by atoms with van der Waals surface area (Å²) in [6, 6.07) is 10.7. The summed E-state index contributed by atoms with van der Waals surface area (Å²) in [4.78, 5) is 10.8. The van der Waals surface area contributed by atoms with E-state index in [0.717, 1.165) is 44.1 Å². The highest BCUT2D eigenvalue weighted by Crippen LogP contribution is 2.32. The Morgan fingerprint density at radius 1 is 1.17 bits per heavy atom. The summed E-state index contributed by atoms with van der Waals surface area (Å²) in [7, 11) is 0. The number of benzene rings is 1. The van der Waals surface area contributed by atoms with Gasteiger partial charge in [-0.2, -0.15) is 4.98 Å². The van der Waals surface area contributed by atoms with Crippen LogP contribution in [0.3, 0.4) is 0 Å². The van der Waals surface area contributed by atoms with Crippen molar-refractivity contribution in [3.8, 4) is 5.88 Å². The monoisotopic (exact) mass is 326 g/mol. The van der Waals surface area contributed by atoms with Gasteiger partial charge in [0.05, 0.1) is 6.10 Å². The number of nitrogens with zero attached hydrogens (tertiary/aromatic N) is 3. The lowest BCUT2D eigenvalue weighted by Gasteiger charge is -2.33. The summed E-state index contributed by atoms with van der Waals surface area (Å²) in [6.07, 6.45) is 5.04. The quantitative estimate of drug-likeness (QED) is 0.913. The van der Waals surface area contributed by atoms with Crippen LogP contribution in [0, 0.1) is 5.92 Å². The highest BCUT2D eigenvalue weighted by molar-refractivity contribution is 5.67. The highest BCUT2D eigenvalue weighted by Gasteiger charge is 2.23. The molecule has 0 atom stereocenters. The Morgan fingerprint density at radius 2 is 1.88 bits per heavy atom. The largest absolute Gasteiger partial charge is 0.473 e. The minimum absolute atomic E-state index is 0.0478. The molecule has 5 nitrogen and oxygen atoms in total. The zero-order chi connectivity index (χ0) is 16.9. The van der Waals surface area contributed by atoms with Gasteiger partial charge in [0.25, 0.3) is 0 Å². The molecule has 0 bridgehead atoms. The fourth-order valence-electron chi connectivity index (χ4n) is 3.24. The van der Waals surface area contributed by atoms with Crippen LogP contribution >= 0.6 is 0 Å². The van der Waals surface area contributed by atoms with Gasteiger partial charge in [0.2, 0.25) is 5.88 Å². The van der Waals surface area contributed by atoms with E-state index in [1.165, 1.54) is 5.56 Å². The lowest BCUT2D eigenvalue weighted by Crippen LogP contribution is -2.35. The average Bonchev–Trinajstić information content (AvgIpc) is 2.58. The van der Waals surface area contributed by atoms with Crippen molar-refractivity contribution in [2.24, 2.45) is 5.92 Å². The second-order valence-corrected chi connectivity index (χ2v) is 6.70. The number of ether oxygens (including phenoxy) is 1. The molecule has 0 aliphatic carbocycles. The average molecular weight is 326 g/mol. The predicted octanol–water partition coefficient (Wildman–Crippen LogP) is 3.31. The highest BCUT2D eigenvalue weighted by atomic mass is 16.5. The van der Waals surface area contributed by atoms with Crippen LogP contribution in [0.5, 0.6) is 5.88 Å². The number of hydrogen-bond donors (Lipinski definition) is 1. The van der Waals surface area contributed by atoms with Crippen LogP contribution in [-0.2, 0) is 6.42 Å². The van der Waals surface area contributed by atoms with Gasteiger partial charge in [0.15, 0.2) is 5.82 Å². The van der Waals surface area contributed by atoms with Crippen molar-refractivity contribution in [3.05, 3.63) is 42.2 Å². The molecule has 1 saturated heterocycles. The molecule has 0 spiro atoms. The molecule has 3 rings (SSSR count). The van der Waals surface area contributed by atoms with Crippen LogP contribution in [0.1, 0.15) is 32.3 Å². The number of rotatable bonds is 5. The summed E-state index contributed by atoms with van der Waals surface area (Å²) < 4.78 is 5.67. The van der Waals surface area contributed by atoms with E-state index < -0.39 is 0 Å². The minimum atomic E-state index is 0.0478. The second-order valence-electron chi connectivity index (χ2n) is 6.70. The summed E-state index contributed by atoms with van der Waals surface area (Å²) >= 11 is 0. The van der Waals surface area contributed by atoms with Gasteiger partial charge in [-0.3, -0.25) is 0 Å². The van der Waals surface area contributed by atoms with Crippen LogP contribution in [0.4, 0.5) is 11.5 Å². The number of nitrogen functional groups attached to an aromatic ring is 1. The molecule has 2 N–H and O–H groups in total. The van der Waals surface area contributed by atoms with Gasteiger partial charge in [0, 0.05) is 13.1 Å². The molecule has 0 unspecified atom stereocenters. The fraction of sp³-hybridized carbons (Fsp3) is 0.474. The van der Waals surface area contributed by atoms with Gasteiger partial charge in [-0.15, -0.1) is 0 Å². The Bertz CT molecular complexity index is 652. The summed E-state index contributed by atoms with van der Waals surface area (Å²) in [6.45, 7) is 5.88. The summed E-state index contributed by atoms with van der Waals surface area (Å²) in [5.41, 5.74) is 8.20. The van der Waals surface area contributed by atoms with E-state index in [2.05, 4.69) is 45.2 Å². The Morgan fingerprint density at radius 3 is 2.54 bits per heavy atom. The van der Waals surface area contributed by atoms with E-state index >= 15 is 0 Å². The maximum Gasteiger partial charge on any atom is 0.242 e. The van der Waals surface area contributed by atoms with Crippen molar-refractivity contribution in [1.82, 2.24) is 9.97 Å². The van der Waals surface area contributed by atoms with Gasteiger partial charge in [-0.1, -0.05) is 30.3 Å². The fourth-order valence-corrected chi connectivity index (χ4v) is 3.24. The second kappa shape index (κ2) is 7.51. The van der Waals surface area contributed by atoms with Crippen LogP contribution < -0.4 is 15.4 Å². The van der Waals surface area contributed by atoms with E-state index in [1.807, 2.05) is 13.8 Å². The third kappa shape index (κ3) is 3.96. The molecule has 5 heteroatoms. The Balaban J connectivity index is 1.62. The van der Waals surface area contributed by atoms with E-state index in [4.69, 9.17) is 10.5 Å². The molecule has 2 aromatic rings. The standard InChI is InChI=1S/C19H26N4O/c1-14(2)24-19-17(20)18(21-13-22-19)23-10-8-16(9-11-23)12-15-6-4-3-5-7-15/h3-7,13-14,16H,8-12,20H2,1-2H3. The zero-order valence-corrected chi connectivity index (χ0v) is 14.5. The maximum absolute atomic E-state index is 6.23. The first-order valence-electron chi connectivity index (χ1n) is 8.69. The van der Waals surface area contributed by atoms with Crippen molar-refractivity contribution in [2.75, 3.05) is 23.7 Å². The van der Waals surface area contributed by atoms with E-state index in [0.29, 0.717) is 11.6 Å². The number of hydrogen-bond acceptors (Lipinski definition) is 5. The van der Waals surface area contributed by atoms with Gasteiger partial charge in [0.1, 0.15) is 12.0 Å². The number of piperidine rings is 1. The SMILES string of the molecule is CC(C)Oc1ncnc(N2CCC(Cc3ccccc3)CC2)c1N. The third-order valence-corrected chi connectivity index (χ3v) is 4.45. The third-order valence-electron chi connectivity index (χ3n) is 4.45. The van der Waals surface area contributed by atoms with Gasteiger partial charge in [-0.25, -0.2) is 4.98 Å². The summed E-state index contributed by atoms with van der Waals surface area (Å²) in [5, 5.41) is 0. The molecular formula is C19H26N4O. The molecule has 0 radical (unpaired) electrons. The van der Waals surface area contributed by atoms with Crippen LogP contribution in [-0.4, -0.2) is 29.2 Å². The molecule has 1 aliphatic rings. The molecule has 1 aromatic heterocycles. The molecule has 2 heterocycles. The number of aromatic nitrogens is 2. The zero-order valence-electron chi connectivity index (χ0n) is 14.5. The van der Waals surface area contributed by atoms with E-state index in [-0.39, 0.29) is 6.10 Å². The van der Waals surface area contributed by atoms with Crippen LogP contribution in [0.15, 0.2) is 36.7 Å². The van der Waals surface area contributed by atoms with Crippen molar-refractivity contribution in [3.63, 3.8) is 0 Å². The minimum Gasteiger partial charge on any atom is -0.473 e. The first-order chi connectivity index (χ1) is 11.6. The number of nitrogens with two attached hydrogens (primary N) is 1. The molecular weight excluding hydrogens is 300 g/mol. The maximum atomic E-state index is 6.23. The van der Waals surface area contributed by atoms with Gasteiger partial charge in [-0.05, 0) is 44.6 Å². The lowest BCUT2D eigenvalue weighted by molar-refractivity contribution is 0.234. The molecule has 1 fully saturated rings. The Kier molecular flexibility index (Phi) is 5.18. The van der Waals surface area contributed by atoms with Gasteiger partial charge < -0.3 is 15.4 Å². The number of anilines is 2. The Labute approximate surface area is 143 Å². The first kappa shape index (κ1) is 16.6. The van der Waals surface area contributed by atoms with Crippen LogP contribution in [0.25, 0.3) is 0 Å². The molecule has 0 saturated carbocycles. The lowest BCUT2D eigenvalue weighted by atomic mass is 9.90. The van der Waals surface area contributed by atoms with Crippen LogP contribution in [0.2, 0.25) is 0 Å². The molecule has 128 valence electrons. The normalized spacial score (nSPS) is 15.7. The van der Waals surface area contributed by atoms with E-state index in [9.17, 15) is 0 Å². The smallest absolute Gasteiger partial charge is 0.242 e. The Hall–Kier alpha value is -2.30. The summed E-state index contributed by atoms with van der Waals surface area (Å²) in [5.74, 6) is 2.01. The van der Waals surface area contributed by atoms with Crippen molar-refractivity contribution >= 4 is 11.5 Å². The van der Waals surface area contributed by atoms with Gasteiger partial charge >= 0.3 is 0 Å². The van der Waals surface area contributed by atoms with Crippen molar-refractivity contribution in [1.29, 1.82) is 0 Å². The topological polar surface area (TPSA) is 64.3 Å².